The summed E-state index contributed by atoms with van der Waals surface area (Å²) in [6.07, 6.45) is 2.94. The first-order valence-electron chi connectivity index (χ1n) is 12.7. The zero-order valence-corrected chi connectivity index (χ0v) is 21.1. The van der Waals surface area contributed by atoms with Crippen molar-refractivity contribution in [1.29, 1.82) is 0 Å². The lowest BCUT2D eigenvalue weighted by molar-refractivity contribution is -0.150. The summed E-state index contributed by atoms with van der Waals surface area (Å²) >= 11 is 0. The molecule has 37 heavy (non-hydrogen) atoms. The van der Waals surface area contributed by atoms with Crippen molar-refractivity contribution in [3.05, 3.63) is 35.9 Å². The van der Waals surface area contributed by atoms with E-state index in [0.29, 0.717) is 38.0 Å². The van der Waals surface area contributed by atoms with E-state index in [1.165, 1.54) is 13.2 Å². The van der Waals surface area contributed by atoms with Crippen LogP contribution in [0.15, 0.2) is 24.5 Å². The highest BCUT2D eigenvalue weighted by Crippen LogP contribution is 2.54. The van der Waals surface area contributed by atoms with Gasteiger partial charge in [0.05, 0.1) is 35.9 Å². The van der Waals surface area contributed by atoms with E-state index in [1.54, 1.807) is 6.92 Å². The Morgan fingerprint density at radius 1 is 1.19 bits per heavy atom. The molecule has 3 aliphatic rings. The van der Waals surface area contributed by atoms with Gasteiger partial charge < -0.3 is 25.2 Å². The molecule has 1 aromatic carbocycles. The van der Waals surface area contributed by atoms with Gasteiger partial charge in [0, 0.05) is 25.1 Å². The summed E-state index contributed by atoms with van der Waals surface area (Å²) in [7, 11) is 1.33. The van der Waals surface area contributed by atoms with Crippen LogP contribution in [0, 0.1) is 29.0 Å². The Labute approximate surface area is 214 Å². The highest BCUT2D eigenvalue weighted by atomic mass is 19.1. The third kappa shape index (κ3) is 5.88. The molecule has 10 heteroatoms. The number of rotatable bonds is 10. The van der Waals surface area contributed by atoms with Gasteiger partial charge in [-0.1, -0.05) is 6.58 Å². The van der Waals surface area contributed by atoms with Gasteiger partial charge in [-0.05, 0) is 63.4 Å². The summed E-state index contributed by atoms with van der Waals surface area (Å²) in [5.41, 5.74) is -0.740. The first kappa shape index (κ1) is 26.9. The van der Waals surface area contributed by atoms with Crippen LogP contribution in [0.2, 0.25) is 0 Å². The fourth-order valence-electron chi connectivity index (χ4n) is 5.62. The Bertz CT molecular complexity index is 1080. The van der Waals surface area contributed by atoms with Crippen LogP contribution < -0.4 is 20.1 Å². The van der Waals surface area contributed by atoms with E-state index in [2.05, 4.69) is 17.2 Å². The van der Waals surface area contributed by atoms with Crippen LogP contribution >= 0.6 is 0 Å². The molecule has 0 aliphatic heterocycles. The molecule has 2 amide bonds. The molecule has 4 atom stereocenters. The van der Waals surface area contributed by atoms with Crippen molar-refractivity contribution in [1.82, 2.24) is 10.6 Å². The number of carbonyl (C=O) groups excluding carboxylic acids is 2. The monoisotopic (exact) mass is 520 g/mol. The minimum absolute atomic E-state index is 0.0362. The summed E-state index contributed by atoms with van der Waals surface area (Å²) in [6.45, 7) is 5.02. The molecule has 8 nitrogen and oxygen atoms in total. The molecule has 3 aliphatic carbocycles. The summed E-state index contributed by atoms with van der Waals surface area (Å²) in [4.78, 5) is 37.5. The average Bonchev–Trinajstić information content (AvgIpc) is 3.54. The second-order valence-corrected chi connectivity index (χ2v) is 10.7. The predicted molar refractivity (Wildman–Crippen MR) is 130 cm³/mol. The van der Waals surface area contributed by atoms with E-state index in [0.717, 1.165) is 12.5 Å². The van der Waals surface area contributed by atoms with Crippen molar-refractivity contribution in [2.24, 2.45) is 23.2 Å². The van der Waals surface area contributed by atoms with Gasteiger partial charge in [0.2, 0.25) is 5.91 Å². The van der Waals surface area contributed by atoms with Crippen LogP contribution in [0.1, 0.15) is 62.2 Å². The fraction of sp³-hybridized carbons (Fsp3) is 0.593. The minimum Gasteiger partial charge on any atom is -0.496 e. The third-order valence-electron chi connectivity index (χ3n) is 8.10. The number of nitrogens with one attached hydrogen (secondary N) is 2. The maximum Gasteiger partial charge on any atom is 0.309 e. The number of hydrogen-bond donors (Lipinski definition) is 3. The maximum atomic E-state index is 14.8. The van der Waals surface area contributed by atoms with Crippen LogP contribution in [0.25, 0.3) is 0 Å². The summed E-state index contributed by atoms with van der Waals surface area (Å²) in [5.74, 6) is -2.75. The Balaban J connectivity index is 1.45. The summed E-state index contributed by atoms with van der Waals surface area (Å²) in [6, 6.07) is 2.00. The van der Waals surface area contributed by atoms with Gasteiger partial charge in [0.25, 0.3) is 5.91 Å². The van der Waals surface area contributed by atoms with Gasteiger partial charge >= 0.3 is 5.97 Å². The molecule has 0 aromatic heterocycles. The molecule has 4 rings (SSSR count). The Morgan fingerprint density at radius 2 is 1.89 bits per heavy atom. The highest BCUT2D eigenvalue weighted by molar-refractivity contribution is 5.98. The van der Waals surface area contributed by atoms with Crippen molar-refractivity contribution in [2.45, 2.75) is 64.0 Å². The van der Waals surface area contributed by atoms with Gasteiger partial charge in [-0.15, -0.1) is 0 Å². The average molecular weight is 521 g/mol. The number of carbonyl (C=O) groups is 3. The molecule has 1 unspecified atom stereocenters. The lowest BCUT2D eigenvalue weighted by Gasteiger charge is -2.34. The third-order valence-corrected chi connectivity index (χ3v) is 8.10. The number of fused-ring (bicyclic) bond motifs is 1. The van der Waals surface area contributed by atoms with E-state index in [-0.39, 0.29) is 48.0 Å². The van der Waals surface area contributed by atoms with Gasteiger partial charge in [-0.2, -0.15) is 0 Å². The van der Waals surface area contributed by atoms with E-state index in [1.807, 2.05) is 0 Å². The van der Waals surface area contributed by atoms with Crippen LogP contribution in [0.3, 0.4) is 0 Å². The van der Waals surface area contributed by atoms with Crippen molar-refractivity contribution in [3.63, 3.8) is 0 Å². The SMILES string of the molecule is C=C(F)CCNC(=O)[C@H]1CC2C[C@H]2[C@H]1NC(=O)c1cc(O[C@H]2CC[C@@](C)(C(=O)O)CC2)c(F)cc1OC. The van der Waals surface area contributed by atoms with Crippen molar-refractivity contribution < 1.29 is 37.7 Å². The van der Waals surface area contributed by atoms with E-state index < -0.39 is 40.9 Å². The van der Waals surface area contributed by atoms with E-state index in [4.69, 9.17) is 9.47 Å². The predicted octanol–water partition coefficient (Wildman–Crippen LogP) is 3.99. The van der Waals surface area contributed by atoms with E-state index in [9.17, 15) is 28.3 Å². The lowest BCUT2D eigenvalue weighted by atomic mass is 9.75. The van der Waals surface area contributed by atoms with Crippen molar-refractivity contribution in [2.75, 3.05) is 13.7 Å². The Morgan fingerprint density at radius 3 is 2.51 bits per heavy atom. The zero-order valence-electron chi connectivity index (χ0n) is 21.1. The lowest BCUT2D eigenvalue weighted by Crippen LogP contribution is -2.46. The van der Waals surface area contributed by atoms with Gasteiger partial charge in [0.15, 0.2) is 11.6 Å². The molecule has 1 aromatic rings. The summed E-state index contributed by atoms with van der Waals surface area (Å²) < 4.78 is 38.8. The molecule has 3 N–H and O–H groups in total. The van der Waals surface area contributed by atoms with Crippen LogP contribution in [0.5, 0.6) is 11.5 Å². The molecular formula is C27H34F2N2O6. The van der Waals surface area contributed by atoms with Gasteiger partial charge in [-0.25, -0.2) is 8.78 Å². The Hall–Kier alpha value is -3.17. The molecule has 3 fully saturated rings. The number of hydrogen-bond acceptors (Lipinski definition) is 5. The summed E-state index contributed by atoms with van der Waals surface area (Å²) in [5, 5.41) is 15.1. The number of carboxylic acids is 1. The fourth-order valence-corrected chi connectivity index (χ4v) is 5.62. The van der Waals surface area contributed by atoms with Gasteiger partial charge in [-0.3, -0.25) is 14.4 Å². The van der Waals surface area contributed by atoms with Crippen LogP contribution in [0.4, 0.5) is 8.78 Å². The number of methoxy groups -OCH3 is 1. The minimum atomic E-state index is -0.856. The maximum absolute atomic E-state index is 14.8. The molecular weight excluding hydrogens is 486 g/mol. The quantitative estimate of drug-likeness (QED) is 0.430. The number of carboxylic acid groups (broad SMARTS) is 1. The highest BCUT2D eigenvalue weighted by Gasteiger charge is 2.56. The van der Waals surface area contributed by atoms with Gasteiger partial charge in [0.1, 0.15) is 5.75 Å². The molecule has 3 saturated carbocycles. The van der Waals surface area contributed by atoms with Crippen molar-refractivity contribution in [3.8, 4) is 11.5 Å². The van der Waals surface area contributed by atoms with Crippen LogP contribution in [-0.2, 0) is 9.59 Å². The molecule has 202 valence electrons. The zero-order chi connectivity index (χ0) is 26.9. The molecule has 0 bridgehead atoms. The number of halogens is 2. The standard InChI is InChI=1S/C27H34F2N2O6/c1-14(28)6-9-30-24(32)19-11-15-10-17(15)23(19)31-25(33)18-12-22(20(29)13-21(18)36-3)37-16-4-7-27(2,8-5-16)26(34)35/h12-13,15-17,19,23H,1,4-11H2,2-3H3,(H,30,32)(H,31,33)(H,34,35)/t15?,16-,17-,19+,23-,27+/m1/s1. The molecule has 0 spiro atoms. The Kier molecular flexibility index (Phi) is 7.75. The largest absolute Gasteiger partial charge is 0.496 e. The number of amides is 2. The molecule has 0 heterocycles. The van der Waals surface area contributed by atoms with Crippen LogP contribution in [-0.4, -0.2) is 48.7 Å². The van der Waals surface area contributed by atoms with E-state index >= 15 is 0 Å². The second kappa shape index (κ2) is 10.7. The molecule has 0 saturated heterocycles. The molecule has 0 radical (unpaired) electrons. The smallest absolute Gasteiger partial charge is 0.309 e. The number of benzene rings is 1. The first-order chi connectivity index (χ1) is 17.5. The van der Waals surface area contributed by atoms with Crippen molar-refractivity contribution >= 4 is 17.8 Å². The normalized spacial score (nSPS) is 30.1. The number of ether oxygens (including phenoxy) is 2. The topological polar surface area (TPSA) is 114 Å². The first-order valence-corrected chi connectivity index (χ1v) is 12.7. The second-order valence-electron chi connectivity index (χ2n) is 10.7. The number of aliphatic carboxylic acids is 1.